The third-order valence-corrected chi connectivity index (χ3v) is 8.30. The van der Waals surface area contributed by atoms with Gasteiger partial charge in [-0.05, 0) is 73.2 Å². The van der Waals surface area contributed by atoms with Crippen LogP contribution in [0.1, 0.15) is 18.4 Å². The van der Waals surface area contributed by atoms with Crippen molar-refractivity contribution in [2.75, 3.05) is 26.0 Å². The van der Waals surface area contributed by atoms with Crippen LogP contribution in [0, 0.1) is 0 Å². The van der Waals surface area contributed by atoms with E-state index in [0.29, 0.717) is 23.5 Å². The van der Waals surface area contributed by atoms with Gasteiger partial charge in [0, 0.05) is 28.6 Å². The number of carbonyl (C=O) groups is 1. The quantitative estimate of drug-likeness (QED) is 0.117. The molecule has 7 nitrogen and oxygen atoms in total. The minimum absolute atomic E-state index is 0.263. The minimum Gasteiger partial charge on any atom is -0.497 e. The van der Waals surface area contributed by atoms with Crippen LogP contribution in [0.4, 0.5) is 0 Å². The molecule has 4 aromatic rings. The zero-order valence-electron chi connectivity index (χ0n) is 20.4. The molecule has 2 aromatic carbocycles. The van der Waals surface area contributed by atoms with Gasteiger partial charge in [0.25, 0.3) is 5.91 Å². The Hall–Kier alpha value is -3.96. The van der Waals surface area contributed by atoms with Crippen LogP contribution in [-0.2, 0) is 4.79 Å². The van der Waals surface area contributed by atoms with Crippen LogP contribution in [0.5, 0.6) is 11.5 Å². The highest BCUT2D eigenvalue weighted by molar-refractivity contribution is 7.61. The van der Waals surface area contributed by atoms with E-state index >= 15 is 0 Å². The third kappa shape index (κ3) is 6.07. The van der Waals surface area contributed by atoms with Gasteiger partial charge in [0.1, 0.15) is 5.75 Å². The Morgan fingerprint density at radius 2 is 1.95 bits per heavy atom. The Morgan fingerprint density at radius 3 is 2.73 bits per heavy atom. The van der Waals surface area contributed by atoms with Crippen LogP contribution in [0.3, 0.4) is 0 Å². The predicted molar refractivity (Wildman–Crippen MR) is 147 cm³/mol. The first-order chi connectivity index (χ1) is 18.1. The van der Waals surface area contributed by atoms with E-state index in [-0.39, 0.29) is 13.8 Å². The number of methoxy groups -OCH3 is 1. The highest BCUT2D eigenvalue weighted by atomic mass is 31.1. The zero-order chi connectivity index (χ0) is 25.6. The number of fused-ring (bicyclic) bond motifs is 2. The first kappa shape index (κ1) is 24.7. The Bertz CT molecular complexity index is 1560. The van der Waals surface area contributed by atoms with Crippen molar-refractivity contribution in [2.45, 2.75) is 12.8 Å². The van der Waals surface area contributed by atoms with Gasteiger partial charge in [-0.2, -0.15) is 0 Å². The second-order valence-corrected chi connectivity index (χ2v) is 10.9. The fourth-order valence-corrected chi connectivity index (χ4v) is 6.08. The molecule has 37 heavy (non-hydrogen) atoms. The molecule has 0 bridgehead atoms. The fraction of sp³-hybridized carbons (Fsp3) is 0.207. The molecule has 0 fully saturated rings. The van der Waals surface area contributed by atoms with Gasteiger partial charge in [-0.25, -0.2) is 9.79 Å². The summed E-state index contributed by atoms with van der Waals surface area (Å²) in [6.07, 6.45) is 10.4. The number of hydrogen-bond donors (Lipinski definition) is 0. The molecule has 0 radical (unpaired) electrons. The lowest BCUT2D eigenvalue weighted by Crippen LogP contribution is -2.07. The lowest BCUT2D eigenvalue weighted by atomic mass is 10.1. The molecule has 0 N–H and O–H groups in total. The summed E-state index contributed by atoms with van der Waals surface area (Å²) in [6.45, 7) is 0.482. The van der Waals surface area contributed by atoms with Gasteiger partial charge >= 0.3 is 5.63 Å². The SMILES string of the molecule is COc1ccc(/C=C/C(=O)N=C2C=CP(CCCOc3c4occc4cc4ccc(=O)oc34)CC2)cc1. The van der Waals surface area contributed by atoms with Crippen molar-refractivity contribution in [3.05, 3.63) is 88.7 Å². The summed E-state index contributed by atoms with van der Waals surface area (Å²) in [6, 6.07) is 14.4. The molecule has 0 aliphatic carbocycles. The van der Waals surface area contributed by atoms with Gasteiger partial charge in [0.2, 0.25) is 5.75 Å². The summed E-state index contributed by atoms with van der Waals surface area (Å²) in [7, 11) is 1.32. The number of rotatable bonds is 8. The maximum absolute atomic E-state index is 12.2. The maximum Gasteiger partial charge on any atom is 0.336 e. The van der Waals surface area contributed by atoms with Crippen molar-refractivity contribution in [1.82, 2.24) is 0 Å². The Balaban J connectivity index is 1.14. The molecule has 5 rings (SSSR count). The van der Waals surface area contributed by atoms with E-state index < -0.39 is 5.63 Å². The van der Waals surface area contributed by atoms with Gasteiger partial charge in [-0.15, -0.1) is 0 Å². The van der Waals surface area contributed by atoms with Crippen molar-refractivity contribution < 1.29 is 23.1 Å². The van der Waals surface area contributed by atoms with Crippen LogP contribution >= 0.6 is 7.92 Å². The number of nitrogens with zero attached hydrogens (tertiary/aromatic N) is 1. The molecule has 188 valence electrons. The number of amides is 1. The average molecular weight is 516 g/mol. The van der Waals surface area contributed by atoms with E-state index in [1.165, 1.54) is 12.1 Å². The monoisotopic (exact) mass is 515 g/mol. The van der Waals surface area contributed by atoms with E-state index in [1.54, 1.807) is 25.5 Å². The third-order valence-electron chi connectivity index (χ3n) is 6.04. The largest absolute Gasteiger partial charge is 0.497 e. The average Bonchev–Trinajstić information content (AvgIpc) is 3.39. The summed E-state index contributed by atoms with van der Waals surface area (Å²) in [5.74, 6) is 3.16. The highest BCUT2D eigenvalue weighted by Crippen LogP contribution is 2.41. The second kappa shape index (κ2) is 11.4. The van der Waals surface area contributed by atoms with Gasteiger partial charge in [0.05, 0.1) is 20.0 Å². The Morgan fingerprint density at radius 1 is 1.11 bits per heavy atom. The van der Waals surface area contributed by atoms with Crippen molar-refractivity contribution >= 4 is 47.6 Å². The van der Waals surface area contributed by atoms with Crippen LogP contribution in [0.15, 0.2) is 91.4 Å². The number of carbonyl (C=O) groups excluding carboxylic acids is 1. The molecule has 0 spiro atoms. The topological polar surface area (TPSA) is 91.2 Å². The van der Waals surface area contributed by atoms with Crippen molar-refractivity contribution in [3.63, 3.8) is 0 Å². The van der Waals surface area contributed by atoms with Crippen molar-refractivity contribution in [3.8, 4) is 11.5 Å². The molecule has 1 aliphatic rings. The van der Waals surface area contributed by atoms with E-state index in [0.717, 1.165) is 53.0 Å². The van der Waals surface area contributed by atoms with E-state index in [2.05, 4.69) is 10.8 Å². The molecule has 1 aliphatic heterocycles. The summed E-state index contributed by atoms with van der Waals surface area (Å²) < 4.78 is 22.2. The first-order valence-electron chi connectivity index (χ1n) is 12.0. The Labute approximate surface area is 214 Å². The normalized spacial score (nSPS) is 16.7. The second-order valence-electron chi connectivity index (χ2n) is 8.57. The minimum atomic E-state index is -0.425. The van der Waals surface area contributed by atoms with Crippen LogP contribution in [0.2, 0.25) is 0 Å². The fourth-order valence-electron chi connectivity index (χ4n) is 4.13. The van der Waals surface area contributed by atoms with Gasteiger partial charge in [-0.1, -0.05) is 25.9 Å². The number of ether oxygens (including phenoxy) is 2. The maximum atomic E-state index is 12.2. The zero-order valence-corrected chi connectivity index (χ0v) is 21.3. The van der Waals surface area contributed by atoms with Crippen molar-refractivity contribution in [1.29, 1.82) is 0 Å². The lowest BCUT2D eigenvalue weighted by Gasteiger charge is -2.18. The number of allylic oxidation sites excluding steroid dienone is 1. The van der Waals surface area contributed by atoms with E-state index in [1.807, 2.05) is 42.5 Å². The summed E-state index contributed by atoms with van der Waals surface area (Å²) >= 11 is 0. The van der Waals surface area contributed by atoms with Crippen LogP contribution in [-0.4, -0.2) is 37.7 Å². The molecular weight excluding hydrogens is 489 g/mol. The molecule has 0 saturated carbocycles. The number of benzene rings is 2. The number of aliphatic imine (C=N–C) groups is 1. The molecular formula is C29H26NO6P. The van der Waals surface area contributed by atoms with Crippen LogP contribution in [0.25, 0.3) is 28.0 Å². The summed E-state index contributed by atoms with van der Waals surface area (Å²) in [5.41, 5.74) is 2.29. The van der Waals surface area contributed by atoms with Crippen molar-refractivity contribution in [2.24, 2.45) is 4.99 Å². The molecule has 3 heterocycles. The lowest BCUT2D eigenvalue weighted by molar-refractivity contribution is -0.113. The van der Waals surface area contributed by atoms with E-state index in [9.17, 15) is 9.59 Å². The predicted octanol–water partition coefficient (Wildman–Crippen LogP) is 6.40. The molecule has 2 aromatic heterocycles. The number of furan rings is 1. The molecule has 1 unspecified atom stereocenters. The molecule has 0 saturated heterocycles. The summed E-state index contributed by atoms with van der Waals surface area (Å²) in [5, 5.41) is 1.69. The standard InChI is InChI=1S/C29H26NO6P/c1-33-24-7-3-20(4-8-24)5-9-25(31)30-23-12-17-37(18-13-23)16-2-14-34-29-27-22(11-15-35-27)19-21-6-10-26(32)36-28(21)29/h3-12,15,17,19H,2,13-14,16,18H2,1H3/b9-5+,30-23?. The van der Waals surface area contributed by atoms with Gasteiger partial charge < -0.3 is 18.3 Å². The Kier molecular flexibility index (Phi) is 7.62. The molecule has 1 amide bonds. The van der Waals surface area contributed by atoms with Gasteiger partial charge in [-0.3, -0.25) is 4.79 Å². The van der Waals surface area contributed by atoms with E-state index in [4.69, 9.17) is 18.3 Å². The highest BCUT2D eigenvalue weighted by Gasteiger charge is 2.16. The molecule has 8 heteroatoms. The van der Waals surface area contributed by atoms with Gasteiger partial charge in [0.15, 0.2) is 11.2 Å². The van der Waals surface area contributed by atoms with Crippen LogP contribution < -0.4 is 15.1 Å². The molecule has 1 atom stereocenters. The first-order valence-corrected chi connectivity index (χ1v) is 13.8. The summed E-state index contributed by atoms with van der Waals surface area (Å²) in [4.78, 5) is 28.2. The smallest absolute Gasteiger partial charge is 0.336 e. The number of hydrogen-bond acceptors (Lipinski definition) is 6.